The van der Waals surface area contributed by atoms with Gasteiger partial charge in [0.15, 0.2) is 0 Å². The molecule has 0 radical (unpaired) electrons. The number of nitrogens with one attached hydrogen (secondary N) is 1. The number of hydrogen-bond donors (Lipinski definition) is 2. The first kappa shape index (κ1) is 18.1. The number of aliphatic hydroxyl groups is 1. The van der Waals surface area contributed by atoms with Gasteiger partial charge >= 0.3 is 0 Å². The number of likely N-dealkylation sites (N-methyl/N-ethyl adjacent to an activating group) is 1. The highest BCUT2D eigenvalue weighted by Gasteiger charge is 2.40. The van der Waals surface area contributed by atoms with Gasteiger partial charge in [-0.3, -0.25) is 4.90 Å². The zero-order chi connectivity index (χ0) is 19.0. The van der Waals surface area contributed by atoms with Crippen molar-refractivity contribution < 1.29 is 13.5 Å². The van der Waals surface area contributed by atoms with Crippen LogP contribution in [-0.2, 0) is 16.6 Å². The fraction of sp³-hybridized carbons (Fsp3) is 0.316. The minimum atomic E-state index is -3.61. The van der Waals surface area contributed by atoms with E-state index in [9.17, 15) is 13.5 Å². The molecule has 1 saturated heterocycles. The van der Waals surface area contributed by atoms with Crippen LogP contribution in [0.25, 0.3) is 11.0 Å². The molecule has 2 heterocycles. The van der Waals surface area contributed by atoms with Gasteiger partial charge in [-0.05, 0) is 31.3 Å². The molecule has 27 heavy (non-hydrogen) atoms. The first-order chi connectivity index (χ1) is 12.9. The average Bonchev–Trinajstić information content (AvgIpc) is 3.25. The first-order valence-corrected chi connectivity index (χ1v) is 10.3. The molecule has 7 nitrogen and oxygen atoms in total. The lowest BCUT2D eigenvalue weighted by atomic mass is 10.2. The third-order valence-electron chi connectivity index (χ3n) is 5.01. The number of β-amino-alcohol motifs (C(OH)–C–C–N with tert-alkyl or cyclic N) is 1. The maximum atomic E-state index is 12.8. The molecule has 3 aromatic rings. The lowest BCUT2D eigenvalue weighted by Crippen LogP contribution is -2.40. The molecule has 142 valence electrons. The number of hydrogen-bond acceptors (Lipinski definition) is 5. The van der Waals surface area contributed by atoms with Gasteiger partial charge in [0.25, 0.3) is 0 Å². The summed E-state index contributed by atoms with van der Waals surface area (Å²) in [5.41, 5.74) is 1.85. The number of aromatic nitrogens is 2. The Morgan fingerprint density at radius 3 is 2.59 bits per heavy atom. The molecule has 0 bridgehead atoms. The molecule has 2 N–H and O–H groups in total. The van der Waals surface area contributed by atoms with E-state index in [0.717, 1.165) is 16.9 Å². The summed E-state index contributed by atoms with van der Waals surface area (Å²) in [5, 5.41) is 10.5. The lowest BCUT2D eigenvalue weighted by molar-refractivity contribution is 0.0941. The van der Waals surface area contributed by atoms with Gasteiger partial charge in [0.2, 0.25) is 10.0 Å². The molecule has 4 rings (SSSR count). The van der Waals surface area contributed by atoms with Crippen LogP contribution < -0.4 is 0 Å². The molecule has 1 aromatic heterocycles. The molecule has 0 aliphatic carbocycles. The van der Waals surface area contributed by atoms with Gasteiger partial charge in [0.1, 0.15) is 5.82 Å². The van der Waals surface area contributed by atoms with Crippen molar-refractivity contribution in [3.8, 4) is 0 Å². The van der Waals surface area contributed by atoms with Gasteiger partial charge in [-0.2, -0.15) is 4.31 Å². The number of para-hydroxylation sites is 2. The molecule has 0 unspecified atom stereocenters. The van der Waals surface area contributed by atoms with E-state index < -0.39 is 16.1 Å². The lowest BCUT2D eigenvalue weighted by Gasteiger charge is -2.25. The summed E-state index contributed by atoms with van der Waals surface area (Å²) < 4.78 is 27.0. The van der Waals surface area contributed by atoms with E-state index in [1.165, 1.54) is 4.31 Å². The Morgan fingerprint density at radius 1 is 1.15 bits per heavy atom. The minimum Gasteiger partial charge on any atom is -0.390 e. The number of H-pyrrole nitrogens is 1. The van der Waals surface area contributed by atoms with E-state index in [-0.39, 0.29) is 24.0 Å². The van der Waals surface area contributed by atoms with Crippen molar-refractivity contribution in [1.82, 2.24) is 19.2 Å². The molecular weight excluding hydrogens is 364 g/mol. The standard InChI is InChI=1S/C19H22N4O3S/c1-22(13-19-20-15-9-5-6-10-16(15)21-19)17-11-23(12-18(17)24)27(25,26)14-7-3-2-4-8-14/h2-10,17-18,24H,11-13H2,1H3,(H,20,21)/t17-,18-/m1/s1. The van der Waals surface area contributed by atoms with Crippen LogP contribution in [0, 0.1) is 0 Å². The van der Waals surface area contributed by atoms with E-state index in [1.807, 2.05) is 36.2 Å². The fourth-order valence-electron chi connectivity index (χ4n) is 3.54. The third kappa shape index (κ3) is 3.49. The second kappa shape index (κ2) is 7.05. The van der Waals surface area contributed by atoms with Crippen molar-refractivity contribution in [2.75, 3.05) is 20.1 Å². The zero-order valence-corrected chi connectivity index (χ0v) is 15.8. The summed E-state index contributed by atoms with van der Waals surface area (Å²) in [7, 11) is -1.73. The zero-order valence-electron chi connectivity index (χ0n) is 15.0. The highest BCUT2D eigenvalue weighted by Crippen LogP contribution is 2.24. The Morgan fingerprint density at radius 2 is 1.85 bits per heavy atom. The largest absolute Gasteiger partial charge is 0.390 e. The predicted molar refractivity (Wildman–Crippen MR) is 103 cm³/mol. The molecular formula is C19H22N4O3S. The van der Waals surface area contributed by atoms with Crippen molar-refractivity contribution in [3.63, 3.8) is 0 Å². The SMILES string of the molecule is CN(Cc1nc2ccccc2[nH]1)[C@@H]1CN(S(=O)(=O)c2ccccc2)C[C@H]1O. The Kier molecular flexibility index (Phi) is 4.73. The second-order valence-corrected chi connectivity index (χ2v) is 8.82. The normalized spacial score (nSPS) is 21.3. The van der Waals surface area contributed by atoms with Gasteiger partial charge in [-0.25, -0.2) is 13.4 Å². The predicted octanol–water partition coefficient (Wildman–Crippen LogP) is 1.43. The minimum absolute atomic E-state index is 0.0896. The molecule has 1 aliphatic rings. The number of aliphatic hydroxyl groups excluding tert-OH is 1. The molecule has 1 fully saturated rings. The van der Waals surface area contributed by atoms with E-state index in [1.54, 1.807) is 30.3 Å². The number of rotatable bonds is 5. The van der Waals surface area contributed by atoms with Crippen molar-refractivity contribution in [1.29, 1.82) is 0 Å². The van der Waals surface area contributed by atoms with Crippen molar-refractivity contribution >= 4 is 21.1 Å². The Bertz CT molecular complexity index is 1000. The van der Waals surface area contributed by atoms with Gasteiger partial charge in [-0.1, -0.05) is 30.3 Å². The molecule has 2 aromatic carbocycles. The topological polar surface area (TPSA) is 89.5 Å². The van der Waals surface area contributed by atoms with Crippen LogP contribution in [0.5, 0.6) is 0 Å². The van der Waals surface area contributed by atoms with E-state index in [4.69, 9.17) is 0 Å². The van der Waals surface area contributed by atoms with Crippen LogP contribution in [0.15, 0.2) is 59.5 Å². The summed E-state index contributed by atoms with van der Waals surface area (Å²) in [5.74, 6) is 0.787. The van der Waals surface area contributed by atoms with Crippen LogP contribution in [-0.4, -0.2) is 65.0 Å². The number of benzene rings is 2. The monoisotopic (exact) mass is 386 g/mol. The molecule has 0 amide bonds. The molecule has 1 aliphatic heterocycles. The molecule has 8 heteroatoms. The Hall–Kier alpha value is -2.26. The summed E-state index contributed by atoms with van der Waals surface area (Å²) in [6.07, 6.45) is -0.752. The number of nitrogens with zero attached hydrogens (tertiary/aromatic N) is 3. The Labute approximate surface area is 158 Å². The van der Waals surface area contributed by atoms with Gasteiger partial charge in [0.05, 0.1) is 34.6 Å². The van der Waals surface area contributed by atoms with Crippen LogP contribution >= 0.6 is 0 Å². The smallest absolute Gasteiger partial charge is 0.243 e. The number of fused-ring (bicyclic) bond motifs is 1. The number of imidazole rings is 1. The summed E-state index contributed by atoms with van der Waals surface area (Å²) in [4.78, 5) is 10.0. The van der Waals surface area contributed by atoms with Crippen LogP contribution in [0.3, 0.4) is 0 Å². The number of sulfonamides is 1. The van der Waals surface area contributed by atoms with Crippen molar-refractivity contribution in [2.24, 2.45) is 0 Å². The fourth-order valence-corrected chi connectivity index (χ4v) is 5.04. The van der Waals surface area contributed by atoms with E-state index in [2.05, 4.69) is 9.97 Å². The van der Waals surface area contributed by atoms with Crippen LogP contribution in [0.4, 0.5) is 0 Å². The van der Waals surface area contributed by atoms with Gasteiger partial charge < -0.3 is 10.1 Å². The van der Waals surface area contributed by atoms with Crippen molar-refractivity contribution in [2.45, 2.75) is 23.6 Å². The molecule has 0 saturated carbocycles. The summed E-state index contributed by atoms with van der Waals surface area (Å²) >= 11 is 0. The van der Waals surface area contributed by atoms with Crippen molar-refractivity contribution in [3.05, 3.63) is 60.4 Å². The first-order valence-electron chi connectivity index (χ1n) is 8.82. The summed E-state index contributed by atoms with van der Waals surface area (Å²) in [6.45, 7) is 0.830. The Balaban J connectivity index is 1.49. The highest BCUT2D eigenvalue weighted by molar-refractivity contribution is 7.89. The maximum absolute atomic E-state index is 12.8. The molecule has 0 spiro atoms. The van der Waals surface area contributed by atoms with Gasteiger partial charge in [0, 0.05) is 13.1 Å². The quantitative estimate of drug-likeness (QED) is 0.692. The number of aromatic amines is 1. The van der Waals surface area contributed by atoms with E-state index in [0.29, 0.717) is 6.54 Å². The maximum Gasteiger partial charge on any atom is 0.243 e. The average molecular weight is 386 g/mol. The summed E-state index contributed by atoms with van der Waals surface area (Å²) in [6, 6.07) is 15.8. The highest BCUT2D eigenvalue weighted by atomic mass is 32.2. The van der Waals surface area contributed by atoms with E-state index >= 15 is 0 Å². The van der Waals surface area contributed by atoms with Crippen LogP contribution in [0.2, 0.25) is 0 Å². The second-order valence-electron chi connectivity index (χ2n) is 6.89. The molecule has 2 atom stereocenters. The third-order valence-corrected chi connectivity index (χ3v) is 6.86. The van der Waals surface area contributed by atoms with Crippen LogP contribution in [0.1, 0.15) is 5.82 Å². The van der Waals surface area contributed by atoms with Gasteiger partial charge in [-0.15, -0.1) is 0 Å².